The van der Waals surface area contributed by atoms with Crippen molar-refractivity contribution in [3.8, 4) is 0 Å². The van der Waals surface area contributed by atoms with Gasteiger partial charge in [-0.2, -0.15) is 0 Å². The van der Waals surface area contributed by atoms with E-state index in [-0.39, 0.29) is 11.9 Å². The third kappa shape index (κ3) is 4.34. The molecule has 0 aliphatic carbocycles. The quantitative estimate of drug-likeness (QED) is 0.310. The molecule has 0 unspecified atom stereocenters. The average Bonchev–Trinajstić information content (AvgIpc) is 3.53. The Hall–Kier alpha value is -4.09. The molecule has 0 bridgehead atoms. The minimum atomic E-state index is 0.0629. The first-order valence-electron chi connectivity index (χ1n) is 12.5. The number of benzene rings is 3. The van der Waals surface area contributed by atoms with Crippen LogP contribution < -0.4 is 0 Å². The summed E-state index contributed by atoms with van der Waals surface area (Å²) in [5.41, 5.74) is 6.10. The number of nitrogens with zero attached hydrogens (tertiary/aromatic N) is 3. The van der Waals surface area contributed by atoms with Crippen LogP contribution in [-0.2, 0) is 6.54 Å². The number of hydrogen-bond acceptors (Lipinski definition) is 3. The lowest BCUT2D eigenvalue weighted by Gasteiger charge is -2.39. The highest BCUT2D eigenvalue weighted by molar-refractivity contribution is 5.97. The molecule has 1 saturated heterocycles. The Morgan fingerprint density at radius 3 is 1.94 bits per heavy atom. The summed E-state index contributed by atoms with van der Waals surface area (Å²) in [6, 6.07) is 35.6. The molecular weight excluding hydrogens is 446 g/mol. The molecule has 0 spiro atoms. The van der Waals surface area contributed by atoms with Gasteiger partial charge in [-0.05, 0) is 16.7 Å². The molecule has 0 N–H and O–H groups in total. The van der Waals surface area contributed by atoms with Crippen molar-refractivity contribution in [1.82, 2.24) is 14.4 Å². The maximum atomic E-state index is 13.7. The van der Waals surface area contributed by atoms with Gasteiger partial charge in [-0.15, -0.1) is 0 Å². The zero-order chi connectivity index (χ0) is 24.3. The largest absolute Gasteiger partial charge is 0.463 e. The Bertz CT molecular complexity index is 1390. The number of hydrogen-bond donors (Lipinski definition) is 0. The highest BCUT2D eigenvalue weighted by Crippen LogP contribution is 2.30. The SMILES string of the molecule is O=C(c1cc2occc2n1Cc1ccccc1)N1CCN(C(c2ccccc2)c2ccccc2)CC1. The van der Waals surface area contributed by atoms with Crippen LogP contribution in [0.1, 0.15) is 33.2 Å². The summed E-state index contributed by atoms with van der Waals surface area (Å²) in [4.78, 5) is 18.2. The molecule has 1 amide bonds. The van der Waals surface area contributed by atoms with Crippen LogP contribution in [0, 0.1) is 0 Å². The number of rotatable bonds is 6. The molecule has 2 aromatic heterocycles. The Morgan fingerprint density at radius 1 is 0.750 bits per heavy atom. The molecule has 6 rings (SSSR count). The fraction of sp³-hybridized carbons (Fsp3) is 0.194. The number of carbonyl (C=O) groups excluding carboxylic acids is 1. The highest BCUT2D eigenvalue weighted by Gasteiger charge is 2.30. The minimum Gasteiger partial charge on any atom is -0.463 e. The summed E-state index contributed by atoms with van der Waals surface area (Å²) >= 11 is 0. The van der Waals surface area contributed by atoms with E-state index >= 15 is 0 Å². The number of carbonyl (C=O) groups is 1. The van der Waals surface area contributed by atoms with E-state index in [2.05, 4.69) is 82.3 Å². The van der Waals surface area contributed by atoms with Crippen molar-refractivity contribution >= 4 is 17.0 Å². The molecule has 0 atom stereocenters. The van der Waals surface area contributed by atoms with Crippen molar-refractivity contribution in [2.24, 2.45) is 0 Å². The van der Waals surface area contributed by atoms with Crippen LogP contribution in [-0.4, -0.2) is 46.5 Å². The second-order valence-corrected chi connectivity index (χ2v) is 9.32. The zero-order valence-electron chi connectivity index (χ0n) is 20.2. The van der Waals surface area contributed by atoms with Crippen LogP contribution in [0.15, 0.2) is 114 Å². The minimum absolute atomic E-state index is 0.0629. The van der Waals surface area contributed by atoms with Crippen molar-refractivity contribution < 1.29 is 9.21 Å². The van der Waals surface area contributed by atoms with Gasteiger partial charge >= 0.3 is 0 Å². The second kappa shape index (κ2) is 9.88. The third-order valence-corrected chi connectivity index (χ3v) is 7.12. The van der Waals surface area contributed by atoms with Crippen LogP contribution >= 0.6 is 0 Å². The van der Waals surface area contributed by atoms with Crippen LogP contribution in [0.2, 0.25) is 0 Å². The first kappa shape index (κ1) is 22.4. The van der Waals surface area contributed by atoms with E-state index in [0.29, 0.717) is 25.3 Å². The maximum Gasteiger partial charge on any atom is 0.270 e. The number of fused-ring (bicyclic) bond motifs is 1. The van der Waals surface area contributed by atoms with Gasteiger partial charge in [0.1, 0.15) is 5.69 Å². The molecule has 3 aromatic carbocycles. The molecule has 3 heterocycles. The summed E-state index contributed by atoms with van der Waals surface area (Å²) < 4.78 is 7.74. The first-order valence-corrected chi connectivity index (χ1v) is 12.5. The Morgan fingerprint density at radius 2 is 1.33 bits per heavy atom. The normalized spacial score (nSPS) is 14.5. The predicted octanol–water partition coefficient (Wildman–Crippen LogP) is 5.83. The molecule has 1 fully saturated rings. The topological polar surface area (TPSA) is 41.6 Å². The molecule has 36 heavy (non-hydrogen) atoms. The van der Waals surface area contributed by atoms with Gasteiger partial charge in [-0.1, -0.05) is 91.0 Å². The van der Waals surface area contributed by atoms with Crippen molar-refractivity contribution in [2.75, 3.05) is 26.2 Å². The van der Waals surface area contributed by atoms with E-state index in [1.807, 2.05) is 35.2 Å². The standard InChI is InChI=1S/C31H29N3O2/c35-31(28-22-29-27(16-21-36-29)34(28)23-24-10-4-1-5-11-24)33-19-17-32(18-20-33)30(25-12-6-2-7-13-25)26-14-8-3-9-15-26/h1-16,21-22,30H,17-20,23H2. The van der Waals surface area contributed by atoms with Gasteiger partial charge in [0.15, 0.2) is 5.58 Å². The molecule has 180 valence electrons. The lowest BCUT2D eigenvalue weighted by molar-refractivity contribution is 0.0588. The highest BCUT2D eigenvalue weighted by atomic mass is 16.3. The van der Waals surface area contributed by atoms with Gasteiger partial charge in [0.05, 0.1) is 17.8 Å². The van der Waals surface area contributed by atoms with Crippen LogP contribution in [0.5, 0.6) is 0 Å². The number of amides is 1. The van der Waals surface area contributed by atoms with E-state index in [1.165, 1.54) is 11.1 Å². The summed E-state index contributed by atoms with van der Waals surface area (Å²) in [5, 5.41) is 0. The monoisotopic (exact) mass is 475 g/mol. The van der Waals surface area contributed by atoms with Gasteiger partial charge in [0, 0.05) is 44.9 Å². The molecule has 5 nitrogen and oxygen atoms in total. The summed E-state index contributed by atoms with van der Waals surface area (Å²) in [6.45, 7) is 3.64. The lowest BCUT2D eigenvalue weighted by Crippen LogP contribution is -2.50. The second-order valence-electron chi connectivity index (χ2n) is 9.32. The van der Waals surface area contributed by atoms with E-state index in [4.69, 9.17) is 4.42 Å². The van der Waals surface area contributed by atoms with Crippen LogP contribution in [0.25, 0.3) is 11.1 Å². The molecule has 5 aromatic rings. The summed E-state index contributed by atoms with van der Waals surface area (Å²) in [7, 11) is 0. The van der Waals surface area contributed by atoms with Gasteiger partial charge < -0.3 is 13.9 Å². The predicted molar refractivity (Wildman–Crippen MR) is 142 cm³/mol. The van der Waals surface area contributed by atoms with E-state index in [1.54, 1.807) is 6.26 Å². The molecule has 0 radical (unpaired) electrons. The fourth-order valence-corrected chi connectivity index (χ4v) is 5.32. The number of piperazine rings is 1. The van der Waals surface area contributed by atoms with E-state index in [0.717, 1.165) is 29.8 Å². The first-order chi connectivity index (χ1) is 17.8. The van der Waals surface area contributed by atoms with E-state index < -0.39 is 0 Å². The van der Waals surface area contributed by atoms with Crippen LogP contribution in [0.3, 0.4) is 0 Å². The molecule has 1 aliphatic heterocycles. The van der Waals surface area contributed by atoms with Gasteiger partial charge in [0.2, 0.25) is 0 Å². The smallest absolute Gasteiger partial charge is 0.270 e. The Balaban J connectivity index is 1.23. The molecular formula is C31H29N3O2. The average molecular weight is 476 g/mol. The van der Waals surface area contributed by atoms with Gasteiger partial charge in [-0.3, -0.25) is 9.69 Å². The lowest BCUT2D eigenvalue weighted by atomic mass is 9.96. The van der Waals surface area contributed by atoms with E-state index in [9.17, 15) is 4.79 Å². The maximum absolute atomic E-state index is 13.7. The molecule has 5 heteroatoms. The van der Waals surface area contributed by atoms with Crippen LogP contribution in [0.4, 0.5) is 0 Å². The fourth-order valence-electron chi connectivity index (χ4n) is 5.32. The molecule has 0 saturated carbocycles. The number of furan rings is 1. The number of aromatic nitrogens is 1. The Kier molecular flexibility index (Phi) is 6.14. The molecule has 1 aliphatic rings. The van der Waals surface area contributed by atoms with Crippen molar-refractivity contribution in [3.05, 3.63) is 132 Å². The Labute approximate surface area is 211 Å². The summed E-state index contributed by atoms with van der Waals surface area (Å²) in [6.07, 6.45) is 1.69. The van der Waals surface area contributed by atoms with Crippen molar-refractivity contribution in [1.29, 1.82) is 0 Å². The third-order valence-electron chi connectivity index (χ3n) is 7.12. The summed E-state index contributed by atoms with van der Waals surface area (Å²) in [5.74, 6) is 0.0629. The van der Waals surface area contributed by atoms with Gasteiger partial charge in [-0.25, -0.2) is 0 Å². The zero-order valence-corrected chi connectivity index (χ0v) is 20.2. The van der Waals surface area contributed by atoms with Crippen molar-refractivity contribution in [2.45, 2.75) is 12.6 Å². The van der Waals surface area contributed by atoms with Gasteiger partial charge in [0.25, 0.3) is 5.91 Å². The van der Waals surface area contributed by atoms with Crippen molar-refractivity contribution in [3.63, 3.8) is 0 Å².